The molecule has 1 aromatic rings. The van der Waals surface area contributed by atoms with Gasteiger partial charge in [-0.2, -0.15) is 0 Å². The minimum Gasteiger partial charge on any atom is -0.454 e. The van der Waals surface area contributed by atoms with Crippen molar-refractivity contribution in [3.63, 3.8) is 0 Å². The van der Waals surface area contributed by atoms with E-state index in [1.807, 2.05) is 6.07 Å². The molecule has 0 atom stereocenters. The maximum Gasteiger partial charge on any atom is 0.256 e. The van der Waals surface area contributed by atoms with E-state index in [0.717, 1.165) is 5.56 Å². The first kappa shape index (κ1) is 10.8. The van der Waals surface area contributed by atoms with E-state index in [2.05, 4.69) is 6.58 Å². The Kier molecular flexibility index (Phi) is 2.33. The topological polar surface area (TPSA) is 55.8 Å². The van der Waals surface area contributed by atoms with Gasteiger partial charge in [0.15, 0.2) is 11.5 Å². The number of carbonyl (C=O) groups is 2. The number of fused-ring (bicyclic) bond motifs is 1. The second-order valence-electron chi connectivity index (χ2n) is 4.25. The molecule has 0 radical (unpaired) electrons. The van der Waals surface area contributed by atoms with E-state index < -0.39 is 0 Å². The van der Waals surface area contributed by atoms with Crippen LogP contribution in [-0.2, 0) is 16.1 Å². The lowest BCUT2D eigenvalue weighted by Crippen LogP contribution is -2.28. The van der Waals surface area contributed by atoms with E-state index >= 15 is 0 Å². The number of hydrogen-bond acceptors (Lipinski definition) is 4. The predicted octanol–water partition coefficient (Wildman–Crippen LogP) is 1.23. The first-order valence-electron chi connectivity index (χ1n) is 5.56. The average molecular weight is 245 g/mol. The van der Waals surface area contributed by atoms with Crippen LogP contribution in [0.5, 0.6) is 11.5 Å². The molecule has 0 aliphatic carbocycles. The van der Waals surface area contributed by atoms with Crippen LogP contribution in [0.3, 0.4) is 0 Å². The first-order valence-corrected chi connectivity index (χ1v) is 5.56. The Morgan fingerprint density at radius 2 is 2.00 bits per heavy atom. The number of likely N-dealkylation sites (tertiary alicyclic amines) is 1. The highest BCUT2D eigenvalue weighted by atomic mass is 16.7. The largest absolute Gasteiger partial charge is 0.454 e. The molecule has 2 heterocycles. The smallest absolute Gasteiger partial charge is 0.256 e. The number of nitrogens with zero attached hydrogens (tertiary/aromatic N) is 1. The van der Waals surface area contributed by atoms with Gasteiger partial charge in [0.2, 0.25) is 12.7 Å². The van der Waals surface area contributed by atoms with E-state index in [9.17, 15) is 9.59 Å². The summed E-state index contributed by atoms with van der Waals surface area (Å²) < 4.78 is 10.4. The van der Waals surface area contributed by atoms with Crippen molar-refractivity contribution in [2.45, 2.75) is 13.0 Å². The average Bonchev–Trinajstić information content (AvgIpc) is 2.89. The van der Waals surface area contributed by atoms with Crippen LogP contribution in [0.1, 0.15) is 12.0 Å². The van der Waals surface area contributed by atoms with E-state index in [0.29, 0.717) is 17.1 Å². The van der Waals surface area contributed by atoms with E-state index in [1.54, 1.807) is 12.1 Å². The zero-order valence-corrected chi connectivity index (χ0v) is 9.64. The fourth-order valence-electron chi connectivity index (χ4n) is 2.04. The minimum atomic E-state index is -0.294. The number of amides is 2. The summed E-state index contributed by atoms with van der Waals surface area (Å²) in [7, 11) is 0. The van der Waals surface area contributed by atoms with Crippen molar-refractivity contribution < 1.29 is 19.1 Å². The van der Waals surface area contributed by atoms with Crippen molar-refractivity contribution in [2.75, 3.05) is 6.79 Å². The molecular weight excluding hydrogens is 234 g/mol. The Balaban J connectivity index is 1.83. The molecule has 2 aliphatic heterocycles. The van der Waals surface area contributed by atoms with Crippen LogP contribution in [0.25, 0.3) is 0 Å². The van der Waals surface area contributed by atoms with Crippen LogP contribution in [-0.4, -0.2) is 23.5 Å². The fraction of sp³-hybridized carbons (Fsp3) is 0.231. The van der Waals surface area contributed by atoms with Crippen molar-refractivity contribution in [1.29, 1.82) is 0 Å². The van der Waals surface area contributed by atoms with Gasteiger partial charge in [-0.3, -0.25) is 14.5 Å². The zero-order chi connectivity index (χ0) is 12.7. The number of ether oxygens (including phenoxy) is 2. The van der Waals surface area contributed by atoms with Crippen molar-refractivity contribution in [1.82, 2.24) is 4.90 Å². The normalized spacial score (nSPS) is 17.8. The van der Waals surface area contributed by atoms with Crippen molar-refractivity contribution in [3.05, 3.63) is 35.9 Å². The van der Waals surface area contributed by atoms with E-state index in [1.165, 1.54) is 4.90 Å². The standard InChI is InChI=1S/C13H11NO4/c1-8-4-12(15)14(13(8)16)6-9-2-3-10-11(5-9)18-7-17-10/h2-3,5H,1,4,6-7H2. The molecule has 0 spiro atoms. The molecule has 2 aliphatic rings. The molecule has 1 aromatic carbocycles. The molecule has 0 unspecified atom stereocenters. The summed E-state index contributed by atoms with van der Waals surface area (Å²) in [6.07, 6.45) is 0.114. The van der Waals surface area contributed by atoms with Gasteiger partial charge in [0, 0.05) is 5.57 Å². The number of hydrogen-bond donors (Lipinski definition) is 0. The Morgan fingerprint density at radius 1 is 1.22 bits per heavy atom. The third-order valence-electron chi connectivity index (χ3n) is 2.99. The molecule has 0 N–H and O–H groups in total. The highest BCUT2D eigenvalue weighted by Crippen LogP contribution is 2.33. The lowest BCUT2D eigenvalue weighted by atomic mass is 10.2. The zero-order valence-electron chi connectivity index (χ0n) is 9.64. The Hall–Kier alpha value is -2.30. The lowest BCUT2D eigenvalue weighted by molar-refractivity contribution is -0.138. The second-order valence-corrected chi connectivity index (χ2v) is 4.25. The molecule has 1 fully saturated rings. The molecule has 1 saturated heterocycles. The highest BCUT2D eigenvalue weighted by molar-refractivity contribution is 6.12. The number of rotatable bonds is 2. The van der Waals surface area contributed by atoms with Gasteiger partial charge in [-0.1, -0.05) is 12.6 Å². The van der Waals surface area contributed by atoms with Crippen molar-refractivity contribution in [3.8, 4) is 11.5 Å². The molecule has 3 rings (SSSR count). The second kappa shape index (κ2) is 3.87. The molecular formula is C13H11NO4. The van der Waals surface area contributed by atoms with Gasteiger partial charge in [0.05, 0.1) is 13.0 Å². The Labute approximate surface area is 104 Å². The SMILES string of the molecule is C=C1CC(=O)N(Cc2ccc3c(c2)OCO3)C1=O. The summed E-state index contributed by atoms with van der Waals surface area (Å²) in [6, 6.07) is 5.37. The maximum absolute atomic E-state index is 11.7. The van der Waals surface area contributed by atoms with E-state index in [-0.39, 0.29) is 31.6 Å². The summed E-state index contributed by atoms with van der Waals surface area (Å²) in [4.78, 5) is 24.5. The highest BCUT2D eigenvalue weighted by Gasteiger charge is 2.32. The van der Waals surface area contributed by atoms with Gasteiger partial charge in [-0.05, 0) is 17.7 Å². The third kappa shape index (κ3) is 1.64. The van der Waals surface area contributed by atoms with Gasteiger partial charge >= 0.3 is 0 Å². The summed E-state index contributed by atoms with van der Waals surface area (Å²) in [5.41, 5.74) is 1.18. The Morgan fingerprint density at radius 3 is 2.72 bits per heavy atom. The number of carbonyl (C=O) groups excluding carboxylic acids is 2. The molecule has 0 saturated carbocycles. The van der Waals surface area contributed by atoms with Gasteiger partial charge in [0.25, 0.3) is 5.91 Å². The summed E-state index contributed by atoms with van der Waals surface area (Å²) >= 11 is 0. The number of benzene rings is 1. The van der Waals surface area contributed by atoms with Crippen LogP contribution in [0, 0.1) is 0 Å². The monoisotopic (exact) mass is 245 g/mol. The molecule has 5 nitrogen and oxygen atoms in total. The van der Waals surface area contributed by atoms with Crippen LogP contribution in [0.2, 0.25) is 0 Å². The molecule has 18 heavy (non-hydrogen) atoms. The van der Waals surface area contributed by atoms with Gasteiger partial charge in [-0.15, -0.1) is 0 Å². The van der Waals surface area contributed by atoms with Gasteiger partial charge in [0.1, 0.15) is 0 Å². The van der Waals surface area contributed by atoms with Gasteiger partial charge in [-0.25, -0.2) is 0 Å². The maximum atomic E-state index is 11.7. The van der Waals surface area contributed by atoms with E-state index in [4.69, 9.17) is 9.47 Å². The molecule has 92 valence electrons. The Bertz CT molecular complexity index is 564. The van der Waals surface area contributed by atoms with Crippen LogP contribution < -0.4 is 9.47 Å². The van der Waals surface area contributed by atoms with Crippen molar-refractivity contribution >= 4 is 11.8 Å². The quantitative estimate of drug-likeness (QED) is 0.581. The molecule has 2 amide bonds. The predicted molar refractivity (Wildman–Crippen MR) is 61.9 cm³/mol. The first-order chi connectivity index (χ1) is 8.65. The van der Waals surface area contributed by atoms with Crippen LogP contribution >= 0.6 is 0 Å². The summed E-state index contributed by atoms with van der Waals surface area (Å²) in [5.74, 6) is 0.827. The molecule has 5 heteroatoms. The van der Waals surface area contributed by atoms with Crippen LogP contribution in [0.15, 0.2) is 30.4 Å². The fourth-order valence-corrected chi connectivity index (χ4v) is 2.04. The third-order valence-corrected chi connectivity index (χ3v) is 2.99. The number of imide groups is 1. The summed E-state index contributed by atoms with van der Waals surface area (Å²) in [5, 5.41) is 0. The van der Waals surface area contributed by atoms with Crippen LogP contribution in [0.4, 0.5) is 0 Å². The van der Waals surface area contributed by atoms with Crippen molar-refractivity contribution in [2.24, 2.45) is 0 Å². The minimum absolute atomic E-state index is 0.114. The lowest BCUT2D eigenvalue weighted by Gasteiger charge is -2.13. The van der Waals surface area contributed by atoms with Gasteiger partial charge < -0.3 is 9.47 Å². The summed E-state index contributed by atoms with van der Waals surface area (Å²) in [6.45, 7) is 4.03. The molecule has 0 aromatic heterocycles. The molecule has 0 bridgehead atoms.